The number of benzene rings is 1. The van der Waals surface area contributed by atoms with Crippen LogP contribution >= 0.6 is 23.4 Å². The largest absolute Gasteiger partial charge is 0.479 e. The first kappa shape index (κ1) is 19.6. The number of carbonyl (C=O) groups excluding carboxylic acids is 1. The highest BCUT2D eigenvalue weighted by atomic mass is 35.5. The molecule has 1 aromatic rings. The molecule has 23 heavy (non-hydrogen) atoms. The average molecular weight is 370 g/mol. The normalized spacial score (nSPS) is 14.1. The first-order chi connectivity index (χ1) is 10.6. The summed E-state index contributed by atoms with van der Waals surface area (Å²) in [7, 11) is 0. The Morgan fingerprint density at radius 3 is 2.26 bits per heavy atom. The summed E-state index contributed by atoms with van der Waals surface area (Å²) >= 11 is 6.13. The number of hydrogen-bond donors (Lipinski definition) is 2. The van der Waals surface area contributed by atoms with Crippen LogP contribution in [0.2, 0.25) is 5.02 Å². The van der Waals surface area contributed by atoms with Crippen molar-refractivity contribution in [1.29, 1.82) is 0 Å². The maximum Gasteiger partial charge on any atom is 0.397 e. The van der Waals surface area contributed by atoms with Gasteiger partial charge in [0.2, 0.25) is 5.91 Å². The summed E-state index contributed by atoms with van der Waals surface area (Å²) in [6.45, 7) is 1.56. The first-order valence-electron chi connectivity index (χ1n) is 6.55. The lowest BCUT2D eigenvalue weighted by molar-refractivity contribution is -0.148. The van der Waals surface area contributed by atoms with E-state index in [2.05, 4.69) is 5.32 Å². The number of rotatable bonds is 7. The Bertz CT molecular complexity index is 565. The van der Waals surface area contributed by atoms with Crippen molar-refractivity contribution >= 4 is 35.2 Å². The average Bonchev–Trinajstić information content (AvgIpc) is 2.44. The van der Waals surface area contributed by atoms with Crippen molar-refractivity contribution in [3.8, 4) is 0 Å². The van der Waals surface area contributed by atoms with E-state index >= 15 is 0 Å². The van der Waals surface area contributed by atoms with E-state index in [1.54, 1.807) is 6.92 Å². The van der Waals surface area contributed by atoms with Crippen LogP contribution in [0.15, 0.2) is 24.3 Å². The zero-order valence-electron chi connectivity index (χ0n) is 12.1. The van der Waals surface area contributed by atoms with Crippen LogP contribution in [0.4, 0.5) is 13.2 Å². The van der Waals surface area contributed by atoms with E-state index in [1.165, 1.54) is 24.3 Å². The van der Waals surface area contributed by atoms with Crippen molar-refractivity contribution in [2.24, 2.45) is 0 Å². The number of carbonyl (C=O) groups is 2. The number of halogens is 4. The molecule has 1 aromatic carbocycles. The van der Waals surface area contributed by atoms with Gasteiger partial charge in [-0.25, -0.2) is 4.79 Å². The minimum absolute atomic E-state index is 0.0274. The number of hydrogen-bond acceptors (Lipinski definition) is 3. The predicted octanol–water partition coefficient (Wildman–Crippen LogP) is 3.44. The molecular formula is C14H15ClF3NO3S. The van der Waals surface area contributed by atoms with Gasteiger partial charge in [0.1, 0.15) is 0 Å². The van der Waals surface area contributed by atoms with Crippen LogP contribution < -0.4 is 5.32 Å². The predicted molar refractivity (Wildman–Crippen MR) is 82.6 cm³/mol. The fraction of sp³-hybridized carbons (Fsp3) is 0.429. The van der Waals surface area contributed by atoms with E-state index in [4.69, 9.17) is 11.6 Å². The third-order valence-corrected chi connectivity index (χ3v) is 4.33. The first-order valence-corrected chi connectivity index (χ1v) is 8.09. The van der Waals surface area contributed by atoms with Gasteiger partial charge in [0.25, 0.3) is 0 Å². The smallest absolute Gasteiger partial charge is 0.397 e. The number of carboxylic acid groups (broad SMARTS) is 1. The molecule has 1 rings (SSSR count). The van der Waals surface area contributed by atoms with Crippen LogP contribution in [0, 0.1) is 0 Å². The minimum atomic E-state index is -4.38. The third-order valence-electron chi connectivity index (χ3n) is 3.08. The highest BCUT2D eigenvalue weighted by molar-refractivity contribution is 8.00. The van der Waals surface area contributed by atoms with Crippen LogP contribution in [0.25, 0.3) is 0 Å². The molecule has 0 saturated carbocycles. The Morgan fingerprint density at radius 2 is 1.83 bits per heavy atom. The zero-order valence-corrected chi connectivity index (χ0v) is 13.7. The molecule has 1 unspecified atom stereocenters. The molecule has 0 aromatic heterocycles. The van der Waals surface area contributed by atoms with Gasteiger partial charge in [-0.1, -0.05) is 30.7 Å². The molecule has 0 aliphatic heterocycles. The molecule has 0 aliphatic rings. The van der Waals surface area contributed by atoms with Gasteiger partial charge in [0.15, 0.2) is 5.54 Å². The summed E-state index contributed by atoms with van der Waals surface area (Å²) < 4.78 is 36.2. The van der Waals surface area contributed by atoms with Gasteiger partial charge in [-0.3, -0.25) is 4.79 Å². The van der Waals surface area contributed by atoms with Gasteiger partial charge in [0.05, 0.1) is 11.5 Å². The molecule has 9 heteroatoms. The maximum atomic E-state index is 12.1. The summed E-state index contributed by atoms with van der Waals surface area (Å²) in [5.41, 5.74) is -1.41. The molecular weight excluding hydrogens is 355 g/mol. The fourth-order valence-electron chi connectivity index (χ4n) is 1.96. The van der Waals surface area contributed by atoms with Gasteiger partial charge in [0, 0.05) is 5.02 Å². The van der Waals surface area contributed by atoms with Crippen molar-refractivity contribution in [3.05, 3.63) is 34.9 Å². The molecule has 1 atom stereocenters. The third kappa shape index (κ3) is 5.62. The topological polar surface area (TPSA) is 66.4 Å². The molecule has 0 aliphatic carbocycles. The zero-order chi connectivity index (χ0) is 17.7. The Morgan fingerprint density at radius 1 is 1.26 bits per heavy atom. The summed E-state index contributed by atoms with van der Waals surface area (Å²) in [5, 5.41) is 12.2. The number of alkyl halides is 3. The van der Waals surface area contributed by atoms with Crippen LogP contribution in [0.5, 0.6) is 0 Å². The SMILES string of the molecule is CCC(NC(=O)CSCC(F)(F)F)(C(=O)O)c1ccc(Cl)cc1. The molecule has 1 amide bonds. The summed E-state index contributed by atoms with van der Waals surface area (Å²) in [5.74, 6) is -3.73. The fourth-order valence-corrected chi connectivity index (χ4v) is 2.68. The van der Waals surface area contributed by atoms with Crippen molar-refractivity contribution in [2.75, 3.05) is 11.5 Å². The van der Waals surface area contributed by atoms with Gasteiger partial charge >= 0.3 is 12.1 Å². The lowest BCUT2D eigenvalue weighted by atomic mass is 9.87. The second-order valence-corrected chi connectivity index (χ2v) is 6.15. The van der Waals surface area contributed by atoms with Crippen molar-refractivity contribution in [2.45, 2.75) is 25.1 Å². The van der Waals surface area contributed by atoms with E-state index in [9.17, 15) is 27.9 Å². The lowest BCUT2D eigenvalue weighted by Gasteiger charge is -2.30. The van der Waals surface area contributed by atoms with Crippen molar-refractivity contribution in [3.63, 3.8) is 0 Å². The minimum Gasteiger partial charge on any atom is -0.479 e. The van der Waals surface area contributed by atoms with Crippen molar-refractivity contribution < 1.29 is 27.9 Å². The summed E-state index contributed by atoms with van der Waals surface area (Å²) in [6, 6.07) is 5.88. The number of amides is 1. The summed E-state index contributed by atoms with van der Waals surface area (Å²) in [6.07, 6.45) is -4.35. The molecule has 2 N–H and O–H groups in total. The van der Waals surface area contributed by atoms with Gasteiger partial charge in [-0.05, 0) is 24.1 Å². The van der Waals surface area contributed by atoms with E-state index in [-0.39, 0.29) is 6.42 Å². The maximum absolute atomic E-state index is 12.1. The van der Waals surface area contributed by atoms with E-state index < -0.39 is 35.1 Å². The van der Waals surface area contributed by atoms with E-state index in [0.29, 0.717) is 22.3 Å². The second-order valence-electron chi connectivity index (χ2n) is 4.73. The molecule has 0 bridgehead atoms. The second kappa shape index (κ2) is 7.92. The number of aliphatic carboxylic acids is 1. The number of thioether (sulfide) groups is 1. The Balaban J connectivity index is 2.89. The highest BCUT2D eigenvalue weighted by Crippen LogP contribution is 2.27. The quantitative estimate of drug-likeness (QED) is 0.772. The Hall–Kier alpha value is -1.41. The van der Waals surface area contributed by atoms with Crippen molar-refractivity contribution in [1.82, 2.24) is 5.32 Å². The van der Waals surface area contributed by atoms with Crippen LogP contribution in [0.3, 0.4) is 0 Å². The molecule has 0 radical (unpaired) electrons. The van der Waals surface area contributed by atoms with Gasteiger partial charge < -0.3 is 10.4 Å². The standard InChI is InChI=1S/C14H15ClF3NO3S/c1-2-13(12(21)22,9-3-5-10(15)6-4-9)19-11(20)7-23-8-14(16,17)18/h3-6H,2,7-8H2,1H3,(H,19,20)(H,21,22). The Labute approximate surface area is 140 Å². The molecule has 4 nitrogen and oxygen atoms in total. The van der Waals surface area contributed by atoms with Crippen LogP contribution in [0.1, 0.15) is 18.9 Å². The monoisotopic (exact) mass is 369 g/mol. The molecule has 0 spiro atoms. The summed E-state index contributed by atoms with van der Waals surface area (Å²) in [4.78, 5) is 23.5. The van der Waals surface area contributed by atoms with Gasteiger partial charge in [-0.15, -0.1) is 11.8 Å². The lowest BCUT2D eigenvalue weighted by Crippen LogP contribution is -2.52. The van der Waals surface area contributed by atoms with E-state index in [0.717, 1.165) is 0 Å². The molecule has 0 heterocycles. The number of carboxylic acids is 1. The molecule has 0 fully saturated rings. The van der Waals surface area contributed by atoms with E-state index in [1.807, 2.05) is 0 Å². The molecule has 128 valence electrons. The van der Waals surface area contributed by atoms with Gasteiger partial charge in [-0.2, -0.15) is 13.2 Å². The molecule has 0 saturated heterocycles. The Kier molecular flexibility index (Phi) is 6.76. The highest BCUT2D eigenvalue weighted by Gasteiger charge is 2.40. The van der Waals surface area contributed by atoms with Crippen LogP contribution in [-0.2, 0) is 15.1 Å². The number of nitrogens with one attached hydrogen (secondary N) is 1. The van der Waals surface area contributed by atoms with Crippen LogP contribution in [-0.4, -0.2) is 34.7 Å².